The Labute approximate surface area is 184 Å². The van der Waals surface area contributed by atoms with Crippen LogP contribution in [0.3, 0.4) is 0 Å². The molecule has 0 aromatic heterocycles. The van der Waals surface area contributed by atoms with Crippen LogP contribution in [0.1, 0.15) is 105 Å². The summed E-state index contributed by atoms with van der Waals surface area (Å²) in [6, 6.07) is 0. The van der Waals surface area contributed by atoms with Gasteiger partial charge in [-0.25, -0.2) is 0 Å². The topological polar surface area (TPSA) is 60.7 Å². The molecule has 0 heterocycles. The molecule has 4 aliphatic rings. The summed E-state index contributed by atoms with van der Waals surface area (Å²) in [7, 11) is 0. The molecule has 0 saturated heterocycles. The molecule has 4 rings (SSSR count). The SMILES string of the molecule is C[C@H](CCCC(C)(C)O)[C@H]1CC[C@H]2[C@@H]3CC=C4CCCC(O)(O)[C@]4(C)[C@H]3CC[C@]12C. The molecule has 30 heavy (non-hydrogen) atoms. The van der Waals surface area contributed by atoms with Gasteiger partial charge in [0.15, 0.2) is 5.79 Å². The second-order valence-electron chi connectivity index (χ2n) is 12.6. The van der Waals surface area contributed by atoms with Crippen LogP contribution in [0.5, 0.6) is 0 Å². The summed E-state index contributed by atoms with van der Waals surface area (Å²) in [5.74, 6) is 1.65. The van der Waals surface area contributed by atoms with Gasteiger partial charge in [-0.05, 0) is 100 Å². The maximum absolute atomic E-state index is 11.1. The fourth-order valence-corrected chi connectivity index (χ4v) is 8.80. The van der Waals surface area contributed by atoms with Crippen molar-refractivity contribution in [1.29, 1.82) is 0 Å². The van der Waals surface area contributed by atoms with Crippen LogP contribution in [0.25, 0.3) is 0 Å². The van der Waals surface area contributed by atoms with E-state index in [4.69, 9.17) is 0 Å². The first-order valence-electron chi connectivity index (χ1n) is 12.8. The van der Waals surface area contributed by atoms with E-state index in [1.165, 1.54) is 31.3 Å². The molecule has 3 saturated carbocycles. The summed E-state index contributed by atoms with van der Waals surface area (Å²) in [6.07, 6.45) is 14.2. The van der Waals surface area contributed by atoms with E-state index < -0.39 is 16.8 Å². The zero-order chi connectivity index (χ0) is 21.9. The van der Waals surface area contributed by atoms with Gasteiger partial charge in [0, 0.05) is 11.8 Å². The van der Waals surface area contributed by atoms with E-state index in [9.17, 15) is 15.3 Å². The average molecular weight is 419 g/mol. The molecule has 7 atom stereocenters. The van der Waals surface area contributed by atoms with Gasteiger partial charge in [-0.1, -0.05) is 45.3 Å². The number of hydrogen-bond acceptors (Lipinski definition) is 3. The van der Waals surface area contributed by atoms with Gasteiger partial charge in [-0.15, -0.1) is 0 Å². The van der Waals surface area contributed by atoms with Gasteiger partial charge >= 0.3 is 0 Å². The lowest BCUT2D eigenvalue weighted by Crippen LogP contribution is -2.60. The van der Waals surface area contributed by atoms with E-state index in [1.54, 1.807) is 0 Å². The Bertz CT molecular complexity index is 674. The molecule has 0 amide bonds. The lowest BCUT2D eigenvalue weighted by molar-refractivity contribution is -0.269. The Hall–Kier alpha value is -0.380. The lowest BCUT2D eigenvalue weighted by atomic mass is 9.45. The van der Waals surface area contributed by atoms with Gasteiger partial charge in [0.2, 0.25) is 0 Å². The second kappa shape index (κ2) is 7.59. The zero-order valence-electron chi connectivity index (χ0n) is 20.1. The van der Waals surface area contributed by atoms with Gasteiger partial charge in [-0.2, -0.15) is 0 Å². The van der Waals surface area contributed by atoms with Crippen LogP contribution in [-0.2, 0) is 0 Å². The van der Waals surface area contributed by atoms with Crippen molar-refractivity contribution in [1.82, 2.24) is 0 Å². The summed E-state index contributed by atoms with van der Waals surface area (Å²) < 4.78 is 0. The van der Waals surface area contributed by atoms with Crippen LogP contribution >= 0.6 is 0 Å². The van der Waals surface area contributed by atoms with Crippen LogP contribution in [0.4, 0.5) is 0 Å². The van der Waals surface area contributed by atoms with E-state index in [1.807, 2.05) is 13.8 Å². The van der Waals surface area contributed by atoms with Crippen molar-refractivity contribution in [2.45, 2.75) is 117 Å². The predicted octanol–water partition coefficient (Wildman–Crippen LogP) is 5.82. The summed E-state index contributed by atoms with van der Waals surface area (Å²) in [6.45, 7) is 11.0. The molecule has 172 valence electrons. The molecule has 0 spiro atoms. The fraction of sp³-hybridized carbons (Fsp3) is 0.926. The summed E-state index contributed by atoms with van der Waals surface area (Å²) in [4.78, 5) is 0. The summed E-state index contributed by atoms with van der Waals surface area (Å²) >= 11 is 0. The van der Waals surface area contributed by atoms with Crippen molar-refractivity contribution >= 4 is 0 Å². The minimum absolute atomic E-state index is 0.388. The highest BCUT2D eigenvalue weighted by atomic mass is 16.5. The van der Waals surface area contributed by atoms with Crippen molar-refractivity contribution in [2.24, 2.45) is 40.4 Å². The third kappa shape index (κ3) is 3.52. The maximum atomic E-state index is 11.1. The van der Waals surface area contributed by atoms with E-state index in [0.29, 0.717) is 35.5 Å². The molecular weight excluding hydrogens is 372 g/mol. The van der Waals surface area contributed by atoms with Crippen LogP contribution in [0.15, 0.2) is 11.6 Å². The van der Waals surface area contributed by atoms with Gasteiger partial charge in [-0.3, -0.25) is 0 Å². The van der Waals surface area contributed by atoms with Gasteiger partial charge in [0.05, 0.1) is 5.60 Å². The van der Waals surface area contributed by atoms with E-state index in [2.05, 4.69) is 26.8 Å². The molecular formula is C27H46O3. The van der Waals surface area contributed by atoms with Crippen LogP contribution in [0, 0.1) is 40.4 Å². The number of rotatable bonds is 5. The molecule has 0 aliphatic heterocycles. The Morgan fingerprint density at radius 2 is 1.83 bits per heavy atom. The summed E-state index contributed by atoms with van der Waals surface area (Å²) in [5, 5.41) is 32.2. The predicted molar refractivity (Wildman–Crippen MR) is 122 cm³/mol. The Morgan fingerprint density at radius 1 is 1.10 bits per heavy atom. The van der Waals surface area contributed by atoms with Gasteiger partial charge in [0.1, 0.15) is 0 Å². The fourth-order valence-electron chi connectivity index (χ4n) is 8.80. The van der Waals surface area contributed by atoms with Gasteiger partial charge < -0.3 is 15.3 Å². The minimum Gasteiger partial charge on any atom is -0.390 e. The Morgan fingerprint density at radius 3 is 2.53 bits per heavy atom. The van der Waals surface area contributed by atoms with E-state index in [0.717, 1.165) is 44.4 Å². The number of fused-ring (bicyclic) bond motifs is 5. The van der Waals surface area contributed by atoms with Crippen LogP contribution < -0.4 is 0 Å². The highest BCUT2D eigenvalue weighted by Crippen LogP contribution is 2.68. The molecule has 4 aliphatic carbocycles. The average Bonchev–Trinajstić information content (AvgIpc) is 2.99. The highest BCUT2D eigenvalue weighted by Gasteiger charge is 2.63. The molecule has 0 aromatic carbocycles. The Balaban J connectivity index is 1.52. The third-order valence-corrected chi connectivity index (χ3v) is 10.5. The number of aliphatic hydroxyl groups is 3. The Kier molecular flexibility index (Phi) is 5.77. The van der Waals surface area contributed by atoms with Crippen LogP contribution in [0.2, 0.25) is 0 Å². The minimum atomic E-state index is -1.55. The molecule has 3 heteroatoms. The second-order valence-corrected chi connectivity index (χ2v) is 12.6. The smallest absolute Gasteiger partial charge is 0.172 e. The number of allylic oxidation sites excluding steroid dienone is 1. The van der Waals surface area contributed by atoms with E-state index >= 15 is 0 Å². The van der Waals surface area contributed by atoms with E-state index in [-0.39, 0.29) is 0 Å². The molecule has 0 aromatic rings. The van der Waals surface area contributed by atoms with Crippen molar-refractivity contribution in [2.75, 3.05) is 0 Å². The van der Waals surface area contributed by atoms with Gasteiger partial charge in [0.25, 0.3) is 0 Å². The van der Waals surface area contributed by atoms with Crippen molar-refractivity contribution in [3.8, 4) is 0 Å². The first kappa shape index (κ1) is 22.8. The first-order chi connectivity index (χ1) is 13.9. The maximum Gasteiger partial charge on any atom is 0.172 e. The number of hydrogen-bond donors (Lipinski definition) is 3. The lowest BCUT2D eigenvalue weighted by Gasteiger charge is -2.61. The monoisotopic (exact) mass is 418 g/mol. The molecule has 0 bridgehead atoms. The largest absolute Gasteiger partial charge is 0.390 e. The zero-order valence-corrected chi connectivity index (χ0v) is 20.1. The summed E-state index contributed by atoms with van der Waals surface area (Å²) in [5.41, 5.74) is 0.714. The van der Waals surface area contributed by atoms with Crippen molar-refractivity contribution in [3.63, 3.8) is 0 Å². The third-order valence-electron chi connectivity index (χ3n) is 10.5. The van der Waals surface area contributed by atoms with Crippen molar-refractivity contribution in [3.05, 3.63) is 11.6 Å². The normalized spacial score (nSPS) is 43.9. The van der Waals surface area contributed by atoms with Crippen LogP contribution in [-0.4, -0.2) is 26.7 Å². The quantitative estimate of drug-likeness (QED) is 0.389. The van der Waals surface area contributed by atoms with Crippen molar-refractivity contribution < 1.29 is 15.3 Å². The molecule has 0 unspecified atom stereocenters. The molecule has 3 nitrogen and oxygen atoms in total. The standard InChI is InChI=1S/C27H46O3/c1-18(8-6-15-24(2,3)28)21-12-13-22-20-11-10-19-9-7-16-27(29,30)26(19,5)23(20)14-17-25(21,22)4/h10,18,20-23,28-30H,6-9,11-17H2,1-5H3/t18-,20+,21-,22+,23+,25-,26+/m1/s1. The first-order valence-corrected chi connectivity index (χ1v) is 12.8. The molecule has 3 fully saturated rings. The molecule has 0 radical (unpaired) electrons. The highest BCUT2D eigenvalue weighted by molar-refractivity contribution is 5.28. The molecule has 3 N–H and O–H groups in total.